The molecule has 3 atom stereocenters. The van der Waals surface area contributed by atoms with Crippen LogP contribution in [0.1, 0.15) is 46.1 Å². The fourth-order valence-corrected chi connectivity index (χ4v) is 8.51. The second kappa shape index (κ2) is 21.8. The minimum Gasteiger partial charge on any atom is -0.497 e. The van der Waals surface area contributed by atoms with Crippen molar-refractivity contribution in [2.75, 3.05) is 25.3 Å². The van der Waals surface area contributed by atoms with Gasteiger partial charge in [-0.15, -0.1) is 0 Å². The van der Waals surface area contributed by atoms with Crippen molar-refractivity contribution in [1.29, 1.82) is 0 Å². The highest BCUT2D eigenvalue weighted by molar-refractivity contribution is 8.51. The summed E-state index contributed by atoms with van der Waals surface area (Å²) >= 11 is 8.66. The molecule has 8 rings (SSSR count). The molecule has 66 heavy (non-hydrogen) atoms. The zero-order valence-electron chi connectivity index (χ0n) is 35.1. The highest BCUT2D eigenvalue weighted by Crippen LogP contribution is 2.46. The van der Waals surface area contributed by atoms with E-state index in [0.717, 1.165) is 16.7 Å². The first-order chi connectivity index (χ1) is 32.0. The third-order valence-electron chi connectivity index (χ3n) is 10.6. The van der Waals surface area contributed by atoms with Gasteiger partial charge in [-0.25, -0.2) is 15.0 Å². The van der Waals surface area contributed by atoms with Crippen molar-refractivity contribution in [2.45, 2.75) is 36.9 Å². The number of carbonyl (C=O) groups excluding carboxylic acids is 1. The van der Waals surface area contributed by atoms with Crippen LogP contribution in [0.3, 0.4) is 0 Å². The van der Waals surface area contributed by atoms with Gasteiger partial charge in [-0.1, -0.05) is 72.8 Å². The average Bonchev–Trinajstić information content (AvgIpc) is 3.98. The number of rotatable bonds is 16. The van der Waals surface area contributed by atoms with Crippen LogP contribution in [0.2, 0.25) is 0 Å². The summed E-state index contributed by atoms with van der Waals surface area (Å²) in [5, 5.41) is 14.0. The van der Waals surface area contributed by atoms with Crippen molar-refractivity contribution >= 4 is 78.8 Å². The van der Waals surface area contributed by atoms with Crippen molar-refractivity contribution in [1.82, 2.24) is 19.5 Å². The fraction of sp³-hybridized carbons (Fsp3) is 0.200. The predicted octanol–water partition coefficient (Wildman–Crippen LogP) is 7.46. The summed E-state index contributed by atoms with van der Waals surface area (Å²) in [7, 11) is 1.26. The summed E-state index contributed by atoms with van der Waals surface area (Å²) in [4.78, 5) is 37.1. The quantitative estimate of drug-likeness (QED) is 0.0433. The van der Waals surface area contributed by atoms with Crippen LogP contribution in [0.4, 0.5) is 11.5 Å². The zero-order chi connectivity index (χ0) is 46.7. The molecule has 1 amide bonds. The lowest BCUT2D eigenvalue weighted by molar-refractivity contribution is -0.384. The number of non-ortho nitro benzene ring substituents is 1. The number of nitrogens with zero attached hydrogens (tertiary/aromatic N) is 5. The first-order valence-electron chi connectivity index (χ1n) is 20.0. The van der Waals surface area contributed by atoms with Gasteiger partial charge < -0.3 is 28.4 Å². The van der Waals surface area contributed by atoms with Gasteiger partial charge in [0.05, 0.1) is 43.4 Å². The lowest BCUT2D eigenvalue weighted by Crippen LogP contribution is -2.40. The standard InChI is InChI=1S/C45H40N6O10S.S4/c1-57-35-19-13-32(14-20-35)45(31-11-7-4-8-12-31,33-15-21-36(58-2)22-16-33)60-39-27-40(59-38(39)25-26-62(55,56)61-37-23-17-34(18-24-37)51(53)54)50-29-48-41-42(46-28-47-43(41)50)49-44(52)30-9-5-3-6-10-30;1-3-4-2/h3-24,28-29,38-40H,25-27H2,1-2H3,(H,46,47,49,52);/t38-,39+,40-;/m1./s1. The van der Waals surface area contributed by atoms with Crippen LogP contribution in [0.25, 0.3) is 11.2 Å². The lowest BCUT2D eigenvalue weighted by atomic mass is 9.79. The number of amides is 1. The first kappa shape index (κ1) is 47.6. The van der Waals surface area contributed by atoms with Gasteiger partial charge in [-0.3, -0.25) is 19.5 Å². The molecule has 0 unspecified atom stereocenters. The fourth-order valence-electron chi connectivity index (χ4n) is 7.50. The van der Waals surface area contributed by atoms with Crippen LogP contribution in [-0.2, 0) is 65.3 Å². The molecule has 0 bridgehead atoms. The number of anilines is 1. The number of nitro groups is 1. The number of nitro benzene ring substituents is 1. The van der Waals surface area contributed by atoms with Crippen LogP contribution in [0.5, 0.6) is 17.2 Å². The molecule has 1 aliphatic heterocycles. The van der Waals surface area contributed by atoms with E-state index in [0.29, 0.717) is 28.2 Å². The number of ether oxygens (including phenoxy) is 4. The first-order valence-corrected chi connectivity index (χ1v) is 25.5. The van der Waals surface area contributed by atoms with Gasteiger partial charge in [0.25, 0.3) is 11.6 Å². The summed E-state index contributed by atoms with van der Waals surface area (Å²) in [6, 6.07) is 38.2. The number of imidazole rings is 1. The van der Waals surface area contributed by atoms with Crippen LogP contribution < -0.4 is 19.0 Å². The highest BCUT2D eigenvalue weighted by Gasteiger charge is 2.47. The third-order valence-corrected chi connectivity index (χ3v) is 14.0. The van der Waals surface area contributed by atoms with E-state index in [9.17, 15) is 23.3 Å². The molecule has 1 saturated heterocycles. The van der Waals surface area contributed by atoms with Crippen molar-refractivity contribution in [3.05, 3.63) is 178 Å². The maximum Gasteiger partial charge on any atom is 0.309 e. The molecule has 3 heterocycles. The van der Waals surface area contributed by atoms with E-state index in [2.05, 4.69) is 42.6 Å². The Morgan fingerprint density at radius 3 is 1.94 bits per heavy atom. The van der Waals surface area contributed by atoms with Crippen LogP contribution in [0, 0.1) is 10.1 Å². The number of aromatic nitrogens is 4. The molecular formula is C45H40N6O10S5. The SMILES string of the molecule is COc1ccc(C(O[C@H]2C[C@H](n3cnc4c(NC(=O)c5ccccc5)ncnc43)O[C@@H]2CCS(=O)(=O)Oc2ccc([N+](=O)[O-])cc2)(c2ccccc2)c2ccc(OC)cc2)cc1.S=S=S=S. The number of fused-ring (bicyclic) bond motifs is 1. The predicted molar refractivity (Wildman–Crippen MR) is 257 cm³/mol. The highest BCUT2D eigenvalue weighted by atomic mass is 33.2. The molecule has 340 valence electrons. The Labute approximate surface area is 395 Å². The minimum atomic E-state index is -4.25. The molecule has 1 fully saturated rings. The van der Waals surface area contributed by atoms with Crippen molar-refractivity contribution in [3.63, 3.8) is 0 Å². The van der Waals surface area contributed by atoms with Gasteiger partial charge in [0.2, 0.25) is 0 Å². The Kier molecular flexibility index (Phi) is 15.7. The average molecular weight is 985 g/mol. The summed E-state index contributed by atoms with van der Waals surface area (Å²) in [6.07, 6.45) is 0.566. The number of carbonyl (C=O) groups is 1. The van der Waals surface area contributed by atoms with E-state index in [1.807, 2.05) is 84.9 Å². The summed E-state index contributed by atoms with van der Waals surface area (Å²) < 4.78 is 59.4. The third kappa shape index (κ3) is 11.0. The second-order valence-electron chi connectivity index (χ2n) is 14.4. The van der Waals surface area contributed by atoms with E-state index in [1.54, 1.807) is 43.1 Å². The molecule has 0 spiro atoms. The van der Waals surface area contributed by atoms with Crippen LogP contribution in [0.15, 0.2) is 146 Å². The van der Waals surface area contributed by atoms with Gasteiger partial charge in [0.1, 0.15) is 35.4 Å². The number of benzene rings is 5. The molecule has 5 aromatic carbocycles. The van der Waals surface area contributed by atoms with E-state index in [1.165, 1.54) is 54.7 Å². The van der Waals surface area contributed by atoms with Gasteiger partial charge >= 0.3 is 10.1 Å². The Hall–Kier alpha value is -6.33. The number of methoxy groups -OCH3 is 2. The van der Waals surface area contributed by atoms with Gasteiger partial charge in [0.15, 0.2) is 17.0 Å². The largest absolute Gasteiger partial charge is 0.497 e. The molecule has 7 aromatic rings. The molecule has 1 aliphatic rings. The van der Waals surface area contributed by atoms with Gasteiger partial charge in [-0.2, -0.15) is 8.42 Å². The van der Waals surface area contributed by atoms with Crippen LogP contribution >= 0.6 is 0 Å². The summed E-state index contributed by atoms with van der Waals surface area (Å²) in [6.45, 7) is 0. The molecule has 21 heteroatoms. The molecular weight excluding hydrogens is 945 g/mol. The van der Waals surface area contributed by atoms with Gasteiger partial charge in [-0.05, 0) is 71.6 Å². The van der Waals surface area contributed by atoms with Crippen molar-refractivity contribution in [2.24, 2.45) is 0 Å². The zero-order valence-corrected chi connectivity index (χ0v) is 39.2. The second-order valence-corrected chi connectivity index (χ2v) is 19.6. The van der Waals surface area contributed by atoms with E-state index < -0.39 is 44.8 Å². The maximum atomic E-state index is 13.5. The molecule has 0 saturated carbocycles. The molecule has 1 N–H and O–H groups in total. The molecule has 0 aliphatic carbocycles. The van der Waals surface area contributed by atoms with E-state index in [4.69, 9.17) is 23.1 Å². The molecule has 2 aromatic heterocycles. The van der Waals surface area contributed by atoms with Crippen molar-refractivity contribution < 1.29 is 41.3 Å². The Morgan fingerprint density at radius 2 is 1.38 bits per heavy atom. The number of nitrogens with one attached hydrogen (secondary N) is 1. The monoisotopic (exact) mass is 984 g/mol. The number of hydrogen-bond acceptors (Lipinski definition) is 15. The van der Waals surface area contributed by atoms with E-state index in [-0.39, 0.29) is 36.0 Å². The van der Waals surface area contributed by atoms with Crippen LogP contribution in [-0.4, -0.2) is 70.9 Å². The Balaban J connectivity index is 0.00000156. The Morgan fingerprint density at radius 1 is 0.818 bits per heavy atom. The van der Waals surface area contributed by atoms with E-state index >= 15 is 0 Å². The smallest absolute Gasteiger partial charge is 0.309 e. The Bertz CT molecular complexity index is 2920. The summed E-state index contributed by atoms with van der Waals surface area (Å²) in [5.74, 6) is 0.528. The maximum absolute atomic E-state index is 13.5. The summed E-state index contributed by atoms with van der Waals surface area (Å²) in [5.41, 5.74) is 1.91. The van der Waals surface area contributed by atoms with Crippen molar-refractivity contribution in [3.8, 4) is 17.2 Å². The number of hydrogen-bond donors (Lipinski definition) is 1. The molecule has 16 nitrogen and oxygen atoms in total. The minimum absolute atomic E-state index is 0.0737. The molecule has 0 radical (unpaired) electrons. The normalized spacial score (nSPS) is 15.8. The lowest BCUT2D eigenvalue weighted by Gasteiger charge is -2.39. The topological polar surface area (TPSA) is 196 Å². The van der Waals surface area contributed by atoms with Gasteiger partial charge in [0, 0.05) is 64.3 Å².